The summed E-state index contributed by atoms with van der Waals surface area (Å²) in [5, 5.41) is 160. The summed E-state index contributed by atoms with van der Waals surface area (Å²) in [6.45, 7) is 5.50. The lowest BCUT2D eigenvalue weighted by atomic mass is 9.86. The fraction of sp³-hybridized carbons (Fsp3) is 0.429. The van der Waals surface area contributed by atoms with Gasteiger partial charge in [0, 0.05) is 57.6 Å². The number of carbonyl (C=O) groups excluding carboxylic acids is 7. The van der Waals surface area contributed by atoms with E-state index in [1.54, 1.807) is 7.11 Å². The number of aliphatic hydroxyl groups is 8. The van der Waals surface area contributed by atoms with Gasteiger partial charge < -0.3 is 158 Å². The number of primary amides is 1. The first-order chi connectivity index (χ1) is 59.8. The van der Waals surface area contributed by atoms with Gasteiger partial charge in [0.05, 0.1) is 48.4 Å². The second-order valence-electron chi connectivity index (χ2n) is 32.0. The second kappa shape index (κ2) is 38.9. The molecule has 6 aromatic carbocycles. The molecule has 0 radical (unpaired) electrons. The Bertz CT molecular complexity index is 5250. The van der Waals surface area contributed by atoms with Crippen molar-refractivity contribution in [2.45, 2.75) is 193 Å². The fourth-order valence-corrected chi connectivity index (χ4v) is 17.2. The van der Waals surface area contributed by atoms with Gasteiger partial charge in [-0.15, -0.1) is 11.3 Å². The van der Waals surface area contributed by atoms with Crippen molar-refractivity contribution in [3.63, 3.8) is 0 Å². The van der Waals surface area contributed by atoms with Crippen LogP contribution in [0.1, 0.15) is 110 Å². The Hall–Kier alpha value is -10.7. The largest absolute Gasteiger partial charge is 0.508 e. The average Bonchev–Trinajstić information content (AvgIpc) is 0.853. The molecule has 0 spiro atoms. The molecule has 126 heavy (non-hydrogen) atoms. The highest BCUT2D eigenvalue weighted by molar-refractivity contribution is 7.15. The van der Waals surface area contributed by atoms with Crippen LogP contribution in [0.25, 0.3) is 21.6 Å². The van der Waals surface area contributed by atoms with Crippen molar-refractivity contribution in [3.05, 3.63) is 158 Å². The van der Waals surface area contributed by atoms with E-state index in [2.05, 4.69) is 42.5 Å². The SMILES string of the molecule is CN[C@H](CC(C)C)C(=O)N[C@H]1C(=O)N[C@@H](CC(N)=O)C(=O)N[C@H]2C(=O)N[C@H]3C(=O)N[C@H](C(=O)N[C@@H](C(=O)O)c4cc(O)cc(O)c4-c4cc3ccc4O)[C@H](O[C@H]3C[C@](C)(N)[C@@H](O)[C@H](C)O3)c3ccc(c(Cl)c3)Oc3cc2cc(c3O[C@@H]2O[C@H](CO)[C@@H](O[C@@H]3O[C@H](CNCc4ccc(-c5ccc(OC)cc5)s4)[C@H](O)[C@H](O)[C@H]3O)[C@H](O)[C@H]2O)Oc2ccc(cc2Cl)[C@H]1O. The molecule has 7 aromatic rings. The summed E-state index contributed by atoms with van der Waals surface area (Å²) in [6.07, 6.45) is -29.1. The van der Waals surface area contributed by atoms with Crippen molar-refractivity contribution in [1.82, 2.24) is 42.5 Å². The normalized spacial score (nSPS) is 29.6. The van der Waals surface area contributed by atoms with Gasteiger partial charge in [0.1, 0.15) is 126 Å². The molecule has 24 N–H and O–H groups in total. The molecule has 42 heteroatoms. The van der Waals surface area contributed by atoms with E-state index in [0.717, 1.165) is 82.0 Å². The summed E-state index contributed by atoms with van der Waals surface area (Å²) in [5.41, 5.74) is 8.93. The number of amides is 7. The maximum atomic E-state index is 16.4. The zero-order valence-electron chi connectivity index (χ0n) is 68.1. The zero-order chi connectivity index (χ0) is 90.9. The quantitative estimate of drug-likeness (QED) is 0.0484. The van der Waals surface area contributed by atoms with E-state index in [4.69, 9.17) is 77.3 Å². The van der Waals surface area contributed by atoms with E-state index in [1.807, 2.05) is 50.2 Å². The molecule has 0 aliphatic carbocycles. The molecule has 39 nitrogen and oxygen atoms in total. The predicted octanol–water partition coefficient (Wildman–Crippen LogP) is 1.46. The van der Waals surface area contributed by atoms with Crippen LogP contribution in [0.4, 0.5) is 0 Å². The Morgan fingerprint density at radius 1 is 0.667 bits per heavy atom. The van der Waals surface area contributed by atoms with E-state index in [0.29, 0.717) is 5.75 Å². The van der Waals surface area contributed by atoms with Gasteiger partial charge in [-0.25, -0.2) is 4.79 Å². The number of aromatic hydroxyl groups is 3. The number of carbonyl (C=O) groups is 8. The number of thiophene rings is 1. The lowest BCUT2D eigenvalue weighted by molar-refractivity contribution is -0.350. The van der Waals surface area contributed by atoms with Gasteiger partial charge in [0.25, 0.3) is 0 Å². The van der Waals surface area contributed by atoms with Gasteiger partial charge in [-0.2, -0.15) is 0 Å². The number of methoxy groups -OCH3 is 1. The van der Waals surface area contributed by atoms with Gasteiger partial charge in [0.15, 0.2) is 30.1 Å². The van der Waals surface area contributed by atoms with Crippen LogP contribution in [0, 0.1) is 5.92 Å². The maximum absolute atomic E-state index is 16.4. The highest BCUT2D eigenvalue weighted by atomic mass is 35.5. The van der Waals surface area contributed by atoms with E-state index >= 15 is 24.0 Å². The van der Waals surface area contributed by atoms with Gasteiger partial charge in [-0.3, -0.25) is 33.6 Å². The van der Waals surface area contributed by atoms with Crippen molar-refractivity contribution in [1.29, 1.82) is 0 Å². The van der Waals surface area contributed by atoms with Crippen LogP contribution in [0.2, 0.25) is 10.0 Å². The highest BCUT2D eigenvalue weighted by Gasteiger charge is 2.53. The van der Waals surface area contributed by atoms with Crippen molar-refractivity contribution in [2.24, 2.45) is 17.4 Å². The topological polar surface area (TPSA) is 611 Å². The van der Waals surface area contributed by atoms with Crippen LogP contribution in [0.5, 0.6) is 51.7 Å². The number of aliphatic hydroxyl groups excluding tert-OH is 8. The number of carboxylic acids is 1. The van der Waals surface area contributed by atoms with Crippen molar-refractivity contribution < 1.29 is 142 Å². The molecule has 1 aromatic heterocycles. The molecule has 9 heterocycles. The second-order valence-corrected chi connectivity index (χ2v) is 33.9. The van der Waals surface area contributed by atoms with Crippen LogP contribution >= 0.6 is 34.5 Å². The summed E-state index contributed by atoms with van der Waals surface area (Å²) in [6, 6.07) is 10.2. The first-order valence-electron chi connectivity index (χ1n) is 39.9. The first kappa shape index (κ1) is 93.0. The molecule has 0 unspecified atom stereocenters. The summed E-state index contributed by atoms with van der Waals surface area (Å²) >= 11 is 16.0. The van der Waals surface area contributed by atoms with Gasteiger partial charge in [0.2, 0.25) is 53.4 Å². The van der Waals surface area contributed by atoms with E-state index in [9.17, 15) is 75.7 Å². The number of hydrogen-bond acceptors (Lipinski definition) is 32. The Kier molecular flexibility index (Phi) is 28.7. The first-order valence-corrected chi connectivity index (χ1v) is 41.5. The zero-order valence-corrected chi connectivity index (χ0v) is 70.4. The van der Waals surface area contributed by atoms with Gasteiger partial charge in [-0.05, 0) is 152 Å². The Morgan fingerprint density at radius 2 is 1.30 bits per heavy atom. The molecular weight excluding hydrogens is 1720 g/mol. The minimum atomic E-state index is -2.42. The van der Waals surface area contributed by atoms with Crippen LogP contribution in [0.15, 0.2) is 115 Å². The van der Waals surface area contributed by atoms with Crippen molar-refractivity contribution >= 4 is 81.9 Å². The third-order valence-electron chi connectivity index (χ3n) is 22.4. The number of fused-ring (bicyclic) bond motifs is 15. The smallest absolute Gasteiger partial charge is 0.330 e. The molecule has 15 rings (SSSR count). The molecule has 3 fully saturated rings. The van der Waals surface area contributed by atoms with Crippen LogP contribution in [0.3, 0.4) is 0 Å². The number of phenols is 3. The Labute approximate surface area is 732 Å². The lowest BCUT2D eigenvalue weighted by Gasteiger charge is -2.46. The molecule has 676 valence electrons. The number of hydrogen-bond donors (Lipinski definition) is 22. The monoisotopic (exact) mass is 1810 g/mol. The number of ether oxygens (including phenoxy) is 9. The molecule has 3 saturated heterocycles. The van der Waals surface area contributed by atoms with Crippen molar-refractivity contribution in [3.8, 4) is 73.3 Å². The van der Waals surface area contributed by atoms with E-state index < -0.39 is 279 Å². The number of halogens is 2. The predicted molar refractivity (Wildman–Crippen MR) is 443 cm³/mol. The number of nitrogens with one attached hydrogen (secondary N) is 8. The number of likely N-dealkylation sites (N-methyl/N-ethyl adjacent to an activating group) is 1. The Balaban J connectivity index is 0.962. The van der Waals surface area contributed by atoms with Crippen LogP contribution in [-0.4, -0.2) is 246 Å². The molecule has 8 aliphatic heterocycles. The molecule has 11 bridgehead atoms. The van der Waals surface area contributed by atoms with Crippen molar-refractivity contribution in [2.75, 3.05) is 27.3 Å². The number of carboxylic acid groups (broad SMARTS) is 1. The van der Waals surface area contributed by atoms with Crippen LogP contribution in [-0.2, 0) is 68.6 Å². The van der Waals surface area contributed by atoms with E-state index in [-0.39, 0.29) is 48.5 Å². The van der Waals surface area contributed by atoms with Gasteiger partial charge >= 0.3 is 5.97 Å². The fourth-order valence-electron chi connectivity index (χ4n) is 15.7. The molecule has 0 saturated carbocycles. The number of rotatable bonds is 21. The lowest BCUT2D eigenvalue weighted by Crippen LogP contribution is -2.65. The number of nitrogens with two attached hydrogens (primary N) is 2. The Morgan fingerprint density at radius 3 is 1.94 bits per heavy atom. The third kappa shape index (κ3) is 20.2. The highest BCUT2D eigenvalue weighted by Crippen LogP contribution is 2.51. The summed E-state index contributed by atoms with van der Waals surface area (Å²) in [7, 11) is 3.02. The average molecular weight is 1810 g/mol. The van der Waals surface area contributed by atoms with Gasteiger partial charge in [-0.1, -0.05) is 55.2 Å². The number of aliphatic carboxylic acids is 1. The molecule has 23 atom stereocenters. The standard InChI is InChI=1S/C84H96Cl2N10O29S/c1-32(2)19-46(89-5)75(109)95-63-65(102)36-10-16-50(44(85)21-36)119-52-23-38-24-53(72(52)124-83-70(107)68(105)73(55(31-97)122-83)125-82-69(106)67(104)66(103)54(121-82)30-90-29-41-14-18-56(126-41)34-7-12-40(117-6)13-8-34)120-51-17-11-37(22-45(51)86)71(123-58-28-84(4,88)74(108)33(3)118-58)64-80(114)94-62(81(115)116)43-25-39(98)26-49(100)59(43)42-20-35(9-15-48(42)99)60(77(111)96-64)93-78(112)61(38)92-76(110)47(27-57(87)101)91-79(63)113/h7-18,20-26,32-33,46-47,54-55,58,60-71,73-74,82-83,89-90,97-100,102-108H,19,27-31,88H2,1-6H3,(H2,87,101)(H,91,113)(H,92,110)(H,93,112)(H,94,114)(H,95,109)(H,96,111)(H,115,116)/t33-,46+,47-,54+,55+,58-,60+,61+,62+,63+,64-,65+,66-,67-,68+,69+,70+,71+,73+,74-,82-,83-,84-/m0/s1. The minimum Gasteiger partial charge on any atom is -0.508 e. The summed E-state index contributed by atoms with van der Waals surface area (Å²) in [4.78, 5) is 122. The minimum absolute atomic E-state index is 0.129. The number of benzene rings is 6. The third-order valence-corrected chi connectivity index (χ3v) is 24.1. The van der Waals surface area contributed by atoms with E-state index in [1.165, 1.54) is 44.4 Å². The van der Waals surface area contributed by atoms with Crippen LogP contribution < -0.4 is 72.9 Å². The maximum Gasteiger partial charge on any atom is 0.330 e. The molecular formula is C84H96Cl2N10O29S. The number of phenolic OH excluding ortho intramolecular Hbond substituents is 3. The molecule has 7 amide bonds. The summed E-state index contributed by atoms with van der Waals surface area (Å²) < 4.78 is 56.6. The summed E-state index contributed by atoms with van der Waals surface area (Å²) in [5.74, 6) is -16.0. The molecule has 8 aliphatic rings.